The highest BCUT2D eigenvalue weighted by Gasteiger charge is 2.11. The number of nitrogens with two attached hydrogens (primary N) is 4. The predicted octanol–water partition coefficient (Wildman–Crippen LogP) is -1.10. The molecule has 28 heavy (non-hydrogen) atoms. The molecule has 0 heterocycles. The van der Waals surface area contributed by atoms with Crippen LogP contribution < -0.4 is 22.9 Å². The minimum absolute atomic E-state index is 0.160. The molecular formula is C17H30N4O7. The van der Waals surface area contributed by atoms with Gasteiger partial charge in [-0.25, -0.2) is 0 Å². The minimum Gasteiger partial charge on any atom is -0.508 e. The molecule has 11 heteroatoms. The number of hydrogen-bond donors (Lipinski definition) is 8. The highest BCUT2D eigenvalue weighted by Crippen LogP contribution is 2.10. The van der Waals surface area contributed by atoms with E-state index in [0.29, 0.717) is 13.0 Å². The highest BCUT2D eigenvalue weighted by molar-refractivity contribution is 5.73. The van der Waals surface area contributed by atoms with Crippen molar-refractivity contribution >= 4 is 17.9 Å². The molecule has 160 valence electrons. The van der Waals surface area contributed by atoms with E-state index in [0.717, 1.165) is 18.4 Å². The van der Waals surface area contributed by atoms with Gasteiger partial charge in [-0.3, -0.25) is 14.4 Å². The molecule has 0 saturated carbocycles. The molecule has 12 N–H and O–H groups in total. The lowest BCUT2D eigenvalue weighted by atomic mass is 10.1. The Kier molecular flexibility index (Phi) is 16.1. The second-order valence-corrected chi connectivity index (χ2v) is 5.64. The smallest absolute Gasteiger partial charge is 0.320 e. The largest absolute Gasteiger partial charge is 0.508 e. The molecule has 0 radical (unpaired) electrons. The summed E-state index contributed by atoms with van der Waals surface area (Å²) in [6.07, 6.45) is 2.44. The SMILES string of the molecule is NC(Cc1ccc(O)cc1)C(=O)O.NCC(=O)O.NCCCCC(N)C(=O)O. The number of rotatable bonds is 9. The summed E-state index contributed by atoms with van der Waals surface area (Å²) >= 11 is 0. The fourth-order valence-electron chi connectivity index (χ4n) is 1.61. The zero-order valence-corrected chi connectivity index (χ0v) is 15.5. The molecule has 1 rings (SSSR count). The Hall–Kier alpha value is -2.73. The van der Waals surface area contributed by atoms with E-state index in [1.807, 2.05) is 0 Å². The fourth-order valence-corrected chi connectivity index (χ4v) is 1.61. The van der Waals surface area contributed by atoms with Gasteiger partial charge in [-0.1, -0.05) is 18.6 Å². The highest BCUT2D eigenvalue weighted by atomic mass is 16.4. The maximum absolute atomic E-state index is 10.4. The fraction of sp³-hybridized carbons (Fsp3) is 0.471. The summed E-state index contributed by atoms with van der Waals surface area (Å²) in [5.74, 6) is -2.76. The van der Waals surface area contributed by atoms with Crippen molar-refractivity contribution in [1.82, 2.24) is 0 Å². The lowest BCUT2D eigenvalue weighted by molar-refractivity contribution is -0.139. The average Bonchev–Trinajstić information content (AvgIpc) is 2.64. The molecule has 0 aliphatic rings. The monoisotopic (exact) mass is 402 g/mol. The van der Waals surface area contributed by atoms with E-state index < -0.39 is 30.0 Å². The van der Waals surface area contributed by atoms with Gasteiger partial charge < -0.3 is 43.4 Å². The Morgan fingerprint density at radius 2 is 1.32 bits per heavy atom. The molecule has 1 aromatic carbocycles. The Bertz CT molecular complexity index is 581. The first kappa shape index (κ1) is 27.5. The van der Waals surface area contributed by atoms with Crippen LogP contribution in [0.1, 0.15) is 24.8 Å². The van der Waals surface area contributed by atoms with Crippen LogP contribution in [0, 0.1) is 0 Å². The van der Waals surface area contributed by atoms with Crippen LogP contribution in [0.5, 0.6) is 5.75 Å². The van der Waals surface area contributed by atoms with Crippen molar-refractivity contribution in [3.8, 4) is 5.75 Å². The number of carbonyl (C=O) groups is 3. The van der Waals surface area contributed by atoms with Gasteiger partial charge in [0.15, 0.2) is 0 Å². The molecule has 0 aromatic heterocycles. The Morgan fingerprint density at radius 1 is 0.857 bits per heavy atom. The molecule has 0 aliphatic carbocycles. The summed E-state index contributed by atoms with van der Waals surface area (Å²) in [5, 5.41) is 33.4. The van der Waals surface area contributed by atoms with Crippen LogP contribution >= 0.6 is 0 Å². The molecule has 1 aromatic rings. The van der Waals surface area contributed by atoms with Gasteiger partial charge >= 0.3 is 17.9 Å². The third kappa shape index (κ3) is 16.7. The molecule has 0 saturated heterocycles. The number of aliphatic carboxylic acids is 3. The number of phenols is 1. The quantitative estimate of drug-likeness (QED) is 0.231. The van der Waals surface area contributed by atoms with Crippen LogP contribution in [-0.2, 0) is 20.8 Å². The van der Waals surface area contributed by atoms with Gasteiger partial charge in [-0.2, -0.15) is 0 Å². The van der Waals surface area contributed by atoms with E-state index in [2.05, 4.69) is 5.73 Å². The molecule has 0 fully saturated rings. The van der Waals surface area contributed by atoms with Gasteiger partial charge in [-0.05, 0) is 43.5 Å². The molecule has 0 aliphatic heterocycles. The zero-order valence-electron chi connectivity index (χ0n) is 15.5. The first-order chi connectivity index (χ1) is 13.0. The van der Waals surface area contributed by atoms with Crippen LogP contribution in [0.15, 0.2) is 24.3 Å². The molecule has 2 unspecified atom stereocenters. The molecule has 0 amide bonds. The molecule has 2 atom stereocenters. The number of hydrogen-bond acceptors (Lipinski definition) is 8. The third-order valence-corrected chi connectivity index (χ3v) is 3.17. The van der Waals surface area contributed by atoms with Crippen molar-refractivity contribution < 1.29 is 34.8 Å². The van der Waals surface area contributed by atoms with E-state index in [1.165, 1.54) is 12.1 Å². The molecular weight excluding hydrogens is 372 g/mol. The molecule has 0 spiro atoms. The number of carboxylic acid groups (broad SMARTS) is 3. The standard InChI is InChI=1S/C9H11NO3.C6H14N2O2.C2H5NO2/c10-8(9(12)13)5-6-1-3-7(11)4-2-6;7-4-2-1-3-5(8)6(9)10;3-1-2(4)5/h1-4,8,11H,5,10H2,(H,12,13);5H,1-4,7-8H2,(H,9,10);1,3H2,(H,4,5). The van der Waals surface area contributed by atoms with E-state index in [4.69, 9.17) is 37.6 Å². The van der Waals surface area contributed by atoms with E-state index in [-0.39, 0.29) is 18.7 Å². The van der Waals surface area contributed by atoms with E-state index in [9.17, 15) is 14.4 Å². The molecule has 11 nitrogen and oxygen atoms in total. The van der Waals surface area contributed by atoms with Crippen molar-refractivity contribution in [3.63, 3.8) is 0 Å². The van der Waals surface area contributed by atoms with Gasteiger partial charge in [0.05, 0.1) is 6.54 Å². The maximum Gasteiger partial charge on any atom is 0.320 e. The van der Waals surface area contributed by atoms with Crippen LogP contribution in [0.3, 0.4) is 0 Å². The molecule has 0 bridgehead atoms. The van der Waals surface area contributed by atoms with Gasteiger partial charge in [0, 0.05) is 0 Å². The summed E-state index contributed by atoms with van der Waals surface area (Å²) in [4.78, 5) is 29.8. The Labute approximate surface area is 162 Å². The number of phenolic OH excluding ortho intramolecular Hbond substituents is 1. The summed E-state index contributed by atoms with van der Waals surface area (Å²) in [5.41, 5.74) is 21.1. The minimum atomic E-state index is -1.02. The summed E-state index contributed by atoms with van der Waals surface area (Å²) in [6.45, 7) is 0.326. The van der Waals surface area contributed by atoms with Crippen LogP contribution in [0.2, 0.25) is 0 Å². The van der Waals surface area contributed by atoms with Crippen molar-refractivity contribution in [3.05, 3.63) is 29.8 Å². The van der Waals surface area contributed by atoms with Crippen LogP contribution in [0.4, 0.5) is 0 Å². The number of unbranched alkanes of at least 4 members (excludes halogenated alkanes) is 1. The van der Waals surface area contributed by atoms with Gasteiger partial charge in [-0.15, -0.1) is 0 Å². The first-order valence-corrected chi connectivity index (χ1v) is 8.41. The third-order valence-electron chi connectivity index (χ3n) is 3.17. The Balaban J connectivity index is 0. The van der Waals surface area contributed by atoms with Crippen molar-refractivity contribution in [2.75, 3.05) is 13.1 Å². The number of benzene rings is 1. The second kappa shape index (κ2) is 16.4. The predicted molar refractivity (Wildman–Crippen MR) is 103 cm³/mol. The van der Waals surface area contributed by atoms with Crippen molar-refractivity contribution in [2.24, 2.45) is 22.9 Å². The normalized spacial score (nSPS) is 11.7. The lowest BCUT2D eigenvalue weighted by Crippen LogP contribution is -2.32. The van der Waals surface area contributed by atoms with Crippen LogP contribution in [-0.4, -0.2) is 63.5 Å². The summed E-state index contributed by atoms with van der Waals surface area (Å²) in [6, 6.07) is 4.71. The van der Waals surface area contributed by atoms with E-state index >= 15 is 0 Å². The van der Waals surface area contributed by atoms with E-state index in [1.54, 1.807) is 12.1 Å². The lowest BCUT2D eigenvalue weighted by Gasteiger charge is -2.05. The average molecular weight is 402 g/mol. The van der Waals surface area contributed by atoms with Crippen molar-refractivity contribution in [2.45, 2.75) is 37.8 Å². The number of carboxylic acids is 3. The van der Waals surface area contributed by atoms with Crippen molar-refractivity contribution in [1.29, 1.82) is 0 Å². The summed E-state index contributed by atoms with van der Waals surface area (Å²) in [7, 11) is 0. The first-order valence-electron chi connectivity index (χ1n) is 8.41. The maximum atomic E-state index is 10.4. The van der Waals surface area contributed by atoms with Gasteiger partial charge in [0.25, 0.3) is 0 Å². The topological polar surface area (TPSA) is 236 Å². The van der Waals surface area contributed by atoms with Gasteiger partial charge in [0.1, 0.15) is 17.8 Å². The summed E-state index contributed by atoms with van der Waals surface area (Å²) < 4.78 is 0. The van der Waals surface area contributed by atoms with Crippen LogP contribution in [0.25, 0.3) is 0 Å². The Morgan fingerprint density at radius 3 is 1.68 bits per heavy atom. The zero-order chi connectivity index (χ0) is 22.1. The second-order valence-electron chi connectivity index (χ2n) is 5.64. The number of aromatic hydroxyl groups is 1. The van der Waals surface area contributed by atoms with Gasteiger partial charge in [0.2, 0.25) is 0 Å².